The van der Waals surface area contributed by atoms with Crippen molar-refractivity contribution in [1.29, 1.82) is 5.26 Å². The van der Waals surface area contributed by atoms with Crippen molar-refractivity contribution in [2.75, 3.05) is 6.67 Å². The number of halogens is 1. The predicted octanol–water partition coefficient (Wildman–Crippen LogP) is 3.05. The quantitative estimate of drug-likeness (QED) is 0.821. The summed E-state index contributed by atoms with van der Waals surface area (Å²) < 4.78 is 12.7. The van der Waals surface area contributed by atoms with Crippen molar-refractivity contribution in [1.82, 2.24) is 5.32 Å². The summed E-state index contributed by atoms with van der Waals surface area (Å²) in [6.45, 7) is 3.91. The summed E-state index contributed by atoms with van der Waals surface area (Å²) in [6.07, 6.45) is 0.521. The topological polar surface area (TPSA) is 35.8 Å². The van der Waals surface area contributed by atoms with Crippen LogP contribution < -0.4 is 5.32 Å². The summed E-state index contributed by atoms with van der Waals surface area (Å²) >= 11 is 0. The predicted molar refractivity (Wildman–Crippen MR) is 67.1 cm³/mol. The van der Waals surface area contributed by atoms with Crippen LogP contribution in [0, 0.1) is 16.7 Å². The van der Waals surface area contributed by atoms with Gasteiger partial charge in [0.05, 0.1) is 18.8 Å². The zero-order valence-electron chi connectivity index (χ0n) is 10.4. The molecule has 1 unspecified atom stereocenters. The molecule has 0 fully saturated rings. The third-order valence-corrected chi connectivity index (χ3v) is 2.67. The van der Waals surface area contributed by atoms with Gasteiger partial charge < -0.3 is 0 Å². The Kier molecular flexibility index (Phi) is 5.11. The Hall–Kier alpha value is -1.40. The lowest BCUT2D eigenvalue weighted by Gasteiger charge is -2.23. The highest BCUT2D eigenvalue weighted by atomic mass is 19.1. The molecule has 1 aromatic carbocycles. The number of nitrogens with one attached hydrogen (secondary N) is 1. The number of hydrogen-bond acceptors (Lipinski definition) is 2. The first-order chi connectivity index (χ1) is 8.07. The molecule has 0 amide bonds. The lowest BCUT2D eigenvalue weighted by Crippen LogP contribution is -2.33. The highest BCUT2D eigenvalue weighted by Crippen LogP contribution is 2.22. The average molecular weight is 234 g/mol. The fourth-order valence-electron chi connectivity index (χ4n) is 1.61. The Bertz CT molecular complexity index is 368. The number of alkyl halides is 1. The number of benzene rings is 1. The van der Waals surface area contributed by atoms with E-state index in [0.717, 1.165) is 5.56 Å². The molecule has 0 radical (unpaired) electrons. The van der Waals surface area contributed by atoms with Crippen LogP contribution in [-0.2, 0) is 6.54 Å². The normalized spacial score (nSPS) is 13.1. The highest BCUT2D eigenvalue weighted by molar-refractivity contribution is 5.14. The van der Waals surface area contributed by atoms with Crippen molar-refractivity contribution in [3.05, 3.63) is 35.9 Å². The maximum absolute atomic E-state index is 12.7. The second-order valence-electron chi connectivity index (χ2n) is 5.05. The fraction of sp³-hybridized carbons (Fsp3) is 0.500. The van der Waals surface area contributed by atoms with Gasteiger partial charge in [0, 0.05) is 6.54 Å². The first-order valence-corrected chi connectivity index (χ1v) is 5.80. The highest BCUT2D eigenvalue weighted by Gasteiger charge is 2.22. The molecule has 0 aromatic heterocycles. The minimum atomic E-state index is -0.440. The second kappa shape index (κ2) is 6.36. The van der Waals surface area contributed by atoms with Crippen LogP contribution in [0.3, 0.4) is 0 Å². The van der Waals surface area contributed by atoms with E-state index in [1.807, 2.05) is 44.2 Å². The van der Waals surface area contributed by atoms with Gasteiger partial charge in [0.2, 0.25) is 0 Å². The van der Waals surface area contributed by atoms with E-state index in [2.05, 4.69) is 11.4 Å². The molecule has 0 aliphatic rings. The molecule has 1 atom stereocenters. The molecule has 0 bridgehead atoms. The van der Waals surface area contributed by atoms with Crippen LogP contribution in [0.25, 0.3) is 0 Å². The fourth-order valence-corrected chi connectivity index (χ4v) is 1.61. The van der Waals surface area contributed by atoms with Crippen molar-refractivity contribution >= 4 is 0 Å². The summed E-state index contributed by atoms with van der Waals surface area (Å²) in [6, 6.07) is 11.8. The minimum Gasteiger partial charge on any atom is -0.298 e. The third kappa shape index (κ3) is 4.97. The average Bonchev–Trinajstić information content (AvgIpc) is 2.35. The molecule has 0 heterocycles. The molecule has 1 N–H and O–H groups in total. The molecular weight excluding hydrogens is 215 g/mol. The van der Waals surface area contributed by atoms with Gasteiger partial charge in [-0.1, -0.05) is 44.2 Å². The van der Waals surface area contributed by atoms with Crippen LogP contribution in [0.15, 0.2) is 30.3 Å². The van der Waals surface area contributed by atoms with Crippen LogP contribution in [0.5, 0.6) is 0 Å². The van der Waals surface area contributed by atoms with Gasteiger partial charge in [0.1, 0.15) is 0 Å². The summed E-state index contributed by atoms with van der Waals surface area (Å²) in [5, 5.41) is 12.2. The molecule has 0 saturated carbocycles. The Morgan fingerprint density at radius 1 is 1.35 bits per heavy atom. The van der Waals surface area contributed by atoms with E-state index in [4.69, 9.17) is 5.26 Å². The smallest absolute Gasteiger partial charge is 0.0961 e. The van der Waals surface area contributed by atoms with Gasteiger partial charge in [-0.25, -0.2) is 0 Å². The monoisotopic (exact) mass is 234 g/mol. The molecule has 0 saturated heterocycles. The van der Waals surface area contributed by atoms with Gasteiger partial charge >= 0.3 is 0 Å². The van der Waals surface area contributed by atoms with Crippen LogP contribution >= 0.6 is 0 Å². The lowest BCUT2D eigenvalue weighted by molar-refractivity contribution is 0.225. The zero-order valence-corrected chi connectivity index (χ0v) is 10.4. The van der Waals surface area contributed by atoms with E-state index in [9.17, 15) is 4.39 Å². The molecule has 17 heavy (non-hydrogen) atoms. The van der Waals surface area contributed by atoms with Crippen molar-refractivity contribution < 1.29 is 4.39 Å². The van der Waals surface area contributed by atoms with E-state index in [1.54, 1.807) is 0 Å². The Balaban J connectivity index is 2.46. The summed E-state index contributed by atoms with van der Waals surface area (Å²) in [4.78, 5) is 0. The van der Waals surface area contributed by atoms with Gasteiger partial charge in [-0.2, -0.15) is 5.26 Å². The first-order valence-electron chi connectivity index (χ1n) is 5.80. The summed E-state index contributed by atoms with van der Waals surface area (Å²) in [5.41, 5.74) is 0.690. The maximum atomic E-state index is 12.7. The molecule has 1 rings (SSSR count). The zero-order chi connectivity index (χ0) is 12.7. The van der Waals surface area contributed by atoms with E-state index in [1.165, 1.54) is 0 Å². The van der Waals surface area contributed by atoms with Crippen molar-refractivity contribution in [3.8, 4) is 6.07 Å². The van der Waals surface area contributed by atoms with Gasteiger partial charge in [-0.05, 0) is 17.4 Å². The van der Waals surface area contributed by atoms with Crippen LogP contribution in [-0.4, -0.2) is 12.7 Å². The van der Waals surface area contributed by atoms with Gasteiger partial charge in [-0.15, -0.1) is 0 Å². The van der Waals surface area contributed by atoms with Crippen molar-refractivity contribution in [2.45, 2.75) is 32.9 Å². The van der Waals surface area contributed by atoms with Crippen molar-refractivity contribution in [3.63, 3.8) is 0 Å². The second-order valence-corrected chi connectivity index (χ2v) is 5.05. The molecule has 92 valence electrons. The molecule has 0 aliphatic heterocycles. The minimum absolute atomic E-state index is 0.305. The Morgan fingerprint density at radius 2 is 2.00 bits per heavy atom. The first kappa shape index (κ1) is 13.7. The summed E-state index contributed by atoms with van der Waals surface area (Å²) in [7, 11) is 0. The number of hydrogen-bond donors (Lipinski definition) is 1. The Morgan fingerprint density at radius 3 is 2.53 bits per heavy atom. The van der Waals surface area contributed by atoms with Crippen molar-refractivity contribution in [2.24, 2.45) is 5.41 Å². The van der Waals surface area contributed by atoms with E-state index in [0.29, 0.717) is 13.0 Å². The van der Waals surface area contributed by atoms with E-state index in [-0.39, 0.29) is 6.04 Å². The molecule has 3 heteroatoms. The van der Waals surface area contributed by atoms with Gasteiger partial charge in [-0.3, -0.25) is 9.71 Å². The van der Waals surface area contributed by atoms with Crippen LogP contribution in [0.4, 0.5) is 4.39 Å². The van der Waals surface area contributed by atoms with Gasteiger partial charge in [0.15, 0.2) is 0 Å². The van der Waals surface area contributed by atoms with Gasteiger partial charge in [0.25, 0.3) is 0 Å². The molecule has 2 nitrogen and oxygen atoms in total. The molecular formula is C14H19FN2. The largest absolute Gasteiger partial charge is 0.298 e. The third-order valence-electron chi connectivity index (χ3n) is 2.67. The van der Waals surface area contributed by atoms with E-state index < -0.39 is 12.1 Å². The standard InChI is InChI=1S/C14H19FN2/c1-14(2,11-15)8-13(9-16)17-10-12-6-4-3-5-7-12/h3-7,13,17H,8,10-11H2,1-2H3. The number of nitrogens with zero attached hydrogens (tertiary/aromatic N) is 1. The van der Waals surface area contributed by atoms with E-state index >= 15 is 0 Å². The molecule has 0 spiro atoms. The molecule has 1 aromatic rings. The van der Waals surface area contributed by atoms with Crippen LogP contribution in [0.2, 0.25) is 0 Å². The van der Waals surface area contributed by atoms with Crippen LogP contribution in [0.1, 0.15) is 25.8 Å². The maximum Gasteiger partial charge on any atom is 0.0961 e. The summed E-state index contributed by atoms with van der Waals surface area (Å²) in [5.74, 6) is 0. The number of rotatable bonds is 6. The lowest BCUT2D eigenvalue weighted by atomic mass is 9.87. The number of nitriles is 1. The Labute approximate surface area is 102 Å². The molecule has 0 aliphatic carbocycles. The SMILES string of the molecule is CC(C)(CF)CC(C#N)NCc1ccccc1.